The third-order valence-corrected chi connectivity index (χ3v) is 1.86. The van der Waals surface area contributed by atoms with Gasteiger partial charge in [-0.05, 0) is 19.9 Å². The van der Waals surface area contributed by atoms with Crippen molar-refractivity contribution in [1.82, 2.24) is 0 Å². The molecule has 0 saturated carbocycles. The highest BCUT2D eigenvalue weighted by Gasteiger charge is 2.32. The predicted octanol–water partition coefficient (Wildman–Crippen LogP) is 0.974. The fourth-order valence-corrected chi connectivity index (χ4v) is 0.885. The van der Waals surface area contributed by atoms with Crippen molar-refractivity contribution in [3.63, 3.8) is 0 Å². The number of rotatable bonds is 2. The predicted molar refractivity (Wildman–Crippen MR) is 42.0 cm³/mol. The first-order valence-corrected chi connectivity index (χ1v) is 3.53. The molecule has 4 nitrogen and oxygen atoms in total. The fourth-order valence-electron chi connectivity index (χ4n) is 0.885. The van der Waals surface area contributed by atoms with Crippen molar-refractivity contribution in [2.24, 2.45) is 5.90 Å². The molecule has 0 radical (unpaired) electrons. The van der Waals surface area contributed by atoms with Crippen molar-refractivity contribution in [1.29, 1.82) is 0 Å². The largest absolute Gasteiger partial charge is 0.472 e. The average Bonchev–Trinajstić information content (AvgIpc) is 2.55. The number of carbonyl (C=O) groups is 1. The zero-order valence-corrected chi connectivity index (χ0v) is 7.03. The van der Waals surface area contributed by atoms with Crippen LogP contribution in [0.4, 0.5) is 0 Å². The quantitative estimate of drug-likeness (QED) is 0.670. The van der Waals surface area contributed by atoms with Crippen molar-refractivity contribution in [3.05, 3.63) is 24.2 Å². The Hall–Kier alpha value is -1.29. The van der Waals surface area contributed by atoms with Crippen molar-refractivity contribution in [2.75, 3.05) is 0 Å². The molecule has 0 fully saturated rings. The van der Waals surface area contributed by atoms with Gasteiger partial charge in [0, 0.05) is 5.56 Å². The molecule has 0 atom stereocenters. The van der Waals surface area contributed by atoms with E-state index in [0.29, 0.717) is 0 Å². The Balaban J connectivity index is 2.93. The Morgan fingerprint density at radius 2 is 2.33 bits per heavy atom. The molecule has 1 rings (SSSR count). The SMILES string of the molecule is CC(C)(C(=O)ON)c1ccoc1. The maximum absolute atomic E-state index is 11.1. The lowest BCUT2D eigenvalue weighted by Gasteiger charge is -2.18. The van der Waals surface area contributed by atoms with Gasteiger partial charge in [0.25, 0.3) is 0 Å². The summed E-state index contributed by atoms with van der Waals surface area (Å²) in [5.74, 6) is 4.30. The Bertz CT molecular complexity index is 264. The molecule has 1 aromatic heterocycles. The molecule has 1 heterocycles. The van der Waals surface area contributed by atoms with Crippen molar-refractivity contribution >= 4 is 5.97 Å². The van der Waals surface area contributed by atoms with Gasteiger partial charge in [0.15, 0.2) is 0 Å². The van der Waals surface area contributed by atoms with E-state index in [2.05, 4.69) is 4.84 Å². The third kappa shape index (κ3) is 1.33. The van der Waals surface area contributed by atoms with Crippen LogP contribution in [0.25, 0.3) is 0 Å². The molecule has 4 heteroatoms. The van der Waals surface area contributed by atoms with Crippen LogP contribution in [0, 0.1) is 0 Å². The molecule has 2 N–H and O–H groups in total. The lowest BCUT2D eigenvalue weighted by Crippen LogP contribution is -2.32. The fraction of sp³-hybridized carbons (Fsp3) is 0.375. The molecule has 12 heavy (non-hydrogen) atoms. The van der Waals surface area contributed by atoms with Crippen LogP contribution in [0.15, 0.2) is 23.0 Å². The Labute approximate surface area is 70.3 Å². The highest BCUT2D eigenvalue weighted by atomic mass is 16.7. The van der Waals surface area contributed by atoms with Crippen LogP contribution in [0.1, 0.15) is 19.4 Å². The van der Waals surface area contributed by atoms with E-state index in [1.54, 1.807) is 19.9 Å². The van der Waals surface area contributed by atoms with Gasteiger partial charge in [-0.3, -0.25) is 0 Å². The molecule has 1 aromatic rings. The summed E-state index contributed by atoms with van der Waals surface area (Å²) in [5, 5.41) is 0. The van der Waals surface area contributed by atoms with Gasteiger partial charge in [0.1, 0.15) is 0 Å². The minimum atomic E-state index is -0.748. The molecule has 0 aliphatic rings. The molecule has 0 saturated heterocycles. The number of furan rings is 1. The van der Waals surface area contributed by atoms with Crippen LogP contribution in [0.5, 0.6) is 0 Å². The second-order valence-corrected chi connectivity index (χ2v) is 3.04. The van der Waals surface area contributed by atoms with E-state index in [-0.39, 0.29) is 0 Å². The van der Waals surface area contributed by atoms with Crippen LogP contribution in [0.3, 0.4) is 0 Å². The van der Waals surface area contributed by atoms with Crippen LogP contribution in [-0.4, -0.2) is 5.97 Å². The van der Waals surface area contributed by atoms with Crippen LogP contribution < -0.4 is 5.90 Å². The van der Waals surface area contributed by atoms with E-state index >= 15 is 0 Å². The minimum Gasteiger partial charge on any atom is -0.472 e. The van der Waals surface area contributed by atoms with Crippen molar-refractivity contribution in [2.45, 2.75) is 19.3 Å². The number of carbonyl (C=O) groups excluding carboxylic acids is 1. The molecular formula is C8H11NO3. The van der Waals surface area contributed by atoms with E-state index in [1.807, 2.05) is 0 Å². The van der Waals surface area contributed by atoms with Gasteiger partial charge < -0.3 is 9.25 Å². The summed E-state index contributed by atoms with van der Waals surface area (Å²) in [4.78, 5) is 15.3. The molecule has 0 aliphatic carbocycles. The molecular weight excluding hydrogens is 158 g/mol. The van der Waals surface area contributed by atoms with Gasteiger partial charge in [-0.15, -0.1) is 0 Å². The summed E-state index contributed by atoms with van der Waals surface area (Å²) in [6.45, 7) is 3.43. The molecule has 0 bridgehead atoms. The zero-order chi connectivity index (χ0) is 9.19. The van der Waals surface area contributed by atoms with E-state index in [9.17, 15) is 4.79 Å². The summed E-state index contributed by atoms with van der Waals surface area (Å²) in [7, 11) is 0. The monoisotopic (exact) mass is 169 g/mol. The van der Waals surface area contributed by atoms with Gasteiger partial charge in [-0.1, -0.05) is 0 Å². The van der Waals surface area contributed by atoms with Crippen LogP contribution >= 0.6 is 0 Å². The van der Waals surface area contributed by atoms with Gasteiger partial charge >= 0.3 is 5.97 Å². The van der Waals surface area contributed by atoms with E-state index < -0.39 is 11.4 Å². The highest BCUT2D eigenvalue weighted by molar-refractivity contribution is 5.81. The van der Waals surface area contributed by atoms with Crippen molar-refractivity contribution in [3.8, 4) is 0 Å². The maximum Gasteiger partial charge on any atom is 0.334 e. The Kier molecular flexibility index (Phi) is 2.19. The molecule has 0 unspecified atom stereocenters. The maximum atomic E-state index is 11.1. The number of hydrogen-bond donors (Lipinski definition) is 1. The van der Waals surface area contributed by atoms with Gasteiger partial charge in [-0.2, -0.15) is 5.90 Å². The second kappa shape index (κ2) is 2.98. The molecule has 0 amide bonds. The second-order valence-electron chi connectivity index (χ2n) is 3.04. The average molecular weight is 169 g/mol. The Morgan fingerprint density at radius 3 is 2.75 bits per heavy atom. The lowest BCUT2D eigenvalue weighted by molar-refractivity contribution is -0.149. The highest BCUT2D eigenvalue weighted by Crippen LogP contribution is 2.24. The summed E-state index contributed by atoms with van der Waals surface area (Å²) in [6.07, 6.45) is 3.00. The minimum absolute atomic E-state index is 0.482. The topological polar surface area (TPSA) is 65.5 Å². The first kappa shape index (κ1) is 8.80. The van der Waals surface area contributed by atoms with Gasteiger partial charge in [-0.25, -0.2) is 4.79 Å². The summed E-state index contributed by atoms with van der Waals surface area (Å²) < 4.78 is 4.85. The molecule has 66 valence electrons. The Morgan fingerprint density at radius 1 is 1.67 bits per heavy atom. The normalized spacial score (nSPS) is 11.2. The van der Waals surface area contributed by atoms with E-state index in [0.717, 1.165) is 5.56 Å². The number of hydrogen-bond acceptors (Lipinski definition) is 4. The lowest BCUT2D eigenvalue weighted by atomic mass is 9.87. The number of nitrogens with two attached hydrogens (primary N) is 1. The van der Waals surface area contributed by atoms with Gasteiger partial charge in [0.2, 0.25) is 0 Å². The first-order chi connectivity index (χ1) is 5.59. The van der Waals surface area contributed by atoms with E-state index in [4.69, 9.17) is 10.3 Å². The van der Waals surface area contributed by atoms with Crippen LogP contribution in [0.2, 0.25) is 0 Å². The first-order valence-electron chi connectivity index (χ1n) is 3.53. The van der Waals surface area contributed by atoms with E-state index in [1.165, 1.54) is 12.5 Å². The standard InChI is InChI=1S/C8H11NO3/c1-8(2,7(10)12-9)6-3-4-11-5-6/h3-5H,9H2,1-2H3. The zero-order valence-electron chi connectivity index (χ0n) is 7.03. The van der Waals surface area contributed by atoms with Crippen molar-refractivity contribution < 1.29 is 14.0 Å². The summed E-state index contributed by atoms with van der Waals surface area (Å²) >= 11 is 0. The smallest absolute Gasteiger partial charge is 0.334 e. The van der Waals surface area contributed by atoms with Gasteiger partial charge in [0.05, 0.1) is 17.9 Å². The molecule has 0 aromatic carbocycles. The summed E-state index contributed by atoms with van der Waals surface area (Å²) in [5.41, 5.74) is -0.000162. The summed E-state index contributed by atoms with van der Waals surface area (Å²) in [6, 6.07) is 1.71. The molecule has 0 aliphatic heterocycles. The molecule has 0 spiro atoms. The van der Waals surface area contributed by atoms with Crippen LogP contribution in [-0.2, 0) is 15.0 Å². The third-order valence-electron chi connectivity index (χ3n) is 1.86.